The average Bonchev–Trinajstić information content (AvgIpc) is 3.77. The number of thioether (sulfide) groups is 2. The first-order valence-electron chi connectivity index (χ1n) is 15.2. The van der Waals surface area contributed by atoms with Crippen molar-refractivity contribution in [2.75, 3.05) is 29.0 Å². The van der Waals surface area contributed by atoms with E-state index in [-0.39, 0.29) is 178 Å². The Kier molecular flexibility index (Phi) is 26.6. The molecule has 6 rings (SSSR count). The van der Waals surface area contributed by atoms with Crippen LogP contribution in [-0.2, 0) is 42.0 Å². The Labute approximate surface area is 441 Å². The van der Waals surface area contributed by atoms with Crippen molar-refractivity contribution in [2.24, 2.45) is 9.79 Å². The Balaban J connectivity index is 0.000000907. The van der Waals surface area contributed by atoms with Crippen molar-refractivity contribution in [3.05, 3.63) is 108 Å². The molecule has 2 amide bonds. The number of rotatable bonds is 9. The summed E-state index contributed by atoms with van der Waals surface area (Å²) in [6.07, 6.45) is 3.58. The van der Waals surface area contributed by atoms with Crippen LogP contribution < -0.4 is 153 Å². The minimum absolute atomic E-state index is 0. The van der Waals surface area contributed by atoms with Gasteiger partial charge in [-0.25, -0.2) is 0 Å². The predicted octanol–water partition coefficient (Wildman–Crippen LogP) is -2.27. The van der Waals surface area contributed by atoms with Crippen LogP contribution in [0.25, 0.3) is 0 Å². The summed E-state index contributed by atoms with van der Waals surface area (Å²) < 4.78 is 13.7. The van der Waals surface area contributed by atoms with Crippen LogP contribution in [0.2, 0.25) is 0 Å². The molecule has 0 aliphatic carbocycles. The van der Waals surface area contributed by atoms with E-state index in [4.69, 9.17) is 19.5 Å². The molecule has 4 aromatic rings. The zero-order valence-corrected chi connectivity index (χ0v) is 43.4. The Morgan fingerprint density at radius 1 is 0.833 bits per heavy atom. The van der Waals surface area contributed by atoms with Gasteiger partial charge in [0.05, 0.1) is 0 Å². The van der Waals surface area contributed by atoms with E-state index >= 15 is 0 Å². The fourth-order valence-electron chi connectivity index (χ4n) is 4.34. The van der Waals surface area contributed by atoms with E-state index < -0.39 is 23.8 Å². The number of fused-ring (bicyclic) bond motifs is 2. The second kappa shape index (κ2) is 28.3. The molecule has 2 aliphatic rings. The van der Waals surface area contributed by atoms with Gasteiger partial charge >= 0.3 is 420 Å². The fraction of sp³-hybridized carbons (Fsp3) is 0.242. The fourth-order valence-corrected chi connectivity index (χ4v) is 6.37. The van der Waals surface area contributed by atoms with Gasteiger partial charge in [-0.05, 0) is 0 Å². The first-order chi connectivity index (χ1) is 24.8. The summed E-state index contributed by atoms with van der Waals surface area (Å²) in [5, 5.41) is 11.8. The van der Waals surface area contributed by atoms with Gasteiger partial charge in [-0.1, -0.05) is 7.43 Å². The molecule has 2 atom stereocenters. The number of nitrogens with zero attached hydrogens (tertiary/aromatic N) is 5. The quantitative estimate of drug-likeness (QED) is 0.0826. The number of amides is 2. The zero-order valence-electron chi connectivity index (χ0n) is 30.2. The van der Waals surface area contributed by atoms with Crippen LogP contribution in [0.5, 0.6) is 0 Å². The van der Waals surface area contributed by atoms with E-state index in [0.717, 1.165) is 35.3 Å². The van der Waals surface area contributed by atoms with Crippen molar-refractivity contribution in [1.29, 1.82) is 0 Å². The third-order valence-corrected chi connectivity index (χ3v) is 9.06. The molecule has 2 aliphatic heterocycles. The van der Waals surface area contributed by atoms with Crippen LogP contribution in [0.15, 0.2) is 117 Å². The predicted molar refractivity (Wildman–Crippen MR) is 196 cm³/mol. The number of hydrogen-bond donors (Lipinski definition) is 1. The molecule has 0 radical (unpaired) electrons. The van der Waals surface area contributed by atoms with Gasteiger partial charge in [0.25, 0.3) is 6.47 Å². The normalized spacial score (nSPS) is 15.3. The molecule has 0 fully saturated rings. The smallest absolute Gasteiger partial charge is 1.00 e. The van der Waals surface area contributed by atoms with Gasteiger partial charge in [-0.3, -0.25) is 4.79 Å². The standard InChI is InChI=1S/C16H16BN3O3S.C15H14BN3O3S.CH2O3.CH4.2Cs.H/c1-19-15(21)13(11-24-14-8-5-9-20(14)19)18-17-16(22)23-10-12-6-3-2-4-7-12;20-14-12(10-23-13-7-4-8-19(13)18-14)17-16-15(21)22-9-11-5-2-1-3-6-11;2-1-4-3;;;;/h2-9,13H,10-11H2,1H3;1-8,12H,9-10H2,(H,18,20);1,3H;1H4;;;/q;;;;2*+1;-1/p-1/t13-;12-;;;;;/m00...../s1. The first-order valence-corrected chi connectivity index (χ1v) is 17.1. The second-order valence-corrected chi connectivity index (χ2v) is 12.4. The number of carbonyl (C=O) groups excluding carboxylic acids is 5. The maximum Gasteiger partial charge on any atom is 1.00 e. The van der Waals surface area contributed by atoms with Crippen molar-refractivity contribution >= 4 is 67.7 Å². The Morgan fingerprint density at radius 3 is 1.87 bits per heavy atom. The molecule has 272 valence electrons. The summed E-state index contributed by atoms with van der Waals surface area (Å²) in [6, 6.07) is 25.1. The number of benzene rings is 2. The van der Waals surface area contributed by atoms with Crippen molar-refractivity contribution in [3.8, 4) is 0 Å². The Morgan fingerprint density at radius 2 is 1.31 bits per heavy atom. The average molecular weight is 1010 g/mol. The van der Waals surface area contributed by atoms with Crippen molar-refractivity contribution < 1.29 is 183 Å². The second-order valence-electron chi connectivity index (χ2n) is 10.3. The van der Waals surface area contributed by atoms with Crippen LogP contribution in [-0.4, -0.2) is 84.2 Å². The van der Waals surface area contributed by atoms with E-state index in [9.17, 15) is 19.2 Å². The summed E-state index contributed by atoms with van der Waals surface area (Å²) >= 11 is 3.03. The molecular formula is C33H36B2Cs2N6O9S2. The monoisotopic (exact) mass is 1010 g/mol. The summed E-state index contributed by atoms with van der Waals surface area (Å²) in [6.45, 7) is 0.188. The minimum Gasteiger partial charge on any atom is -1.00 e. The molecule has 15 nitrogen and oxygen atoms in total. The Hall–Kier alpha value is -1.16. The molecule has 0 unspecified atom stereocenters. The summed E-state index contributed by atoms with van der Waals surface area (Å²) in [7, 11) is 3.86. The van der Waals surface area contributed by atoms with E-state index in [1.165, 1.54) is 28.5 Å². The molecule has 0 spiro atoms. The number of hydrogen-bond acceptors (Lipinski definition) is 13. The van der Waals surface area contributed by atoms with Gasteiger partial charge in [0.1, 0.15) is 0 Å². The largest absolute Gasteiger partial charge is 1.00 e. The number of carbonyl (C=O) groups is 5. The van der Waals surface area contributed by atoms with Crippen LogP contribution in [0, 0.1) is 0 Å². The number of aromatic nitrogens is 2. The molecule has 1 N–H and O–H groups in total. The van der Waals surface area contributed by atoms with Gasteiger partial charge in [-0.15, -0.1) is 0 Å². The van der Waals surface area contributed by atoms with Gasteiger partial charge in [0.2, 0.25) is 0 Å². The van der Waals surface area contributed by atoms with Gasteiger partial charge in [0.15, 0.2) is 0 Å². The van der Waals surface area contributed by atoms with Crippen molar-refractivity contribution in [1.82, 2.24) is 9.35 Å². The summed E-state index contributed by atoms with van der Waals surface area (Å²) in [5.74, 6) is -0.573. The summed E-state index contributed by atoms with van der Waals surface area (Å²) in [4.78, 5) is 67.4. The third kappa shape index (κ3) is 17.1. The van der Waals surface area contributed by atoms with Crippen LogP contribution >= 0.6 is 23.5 Å². The molecular weight excluding hydrogens is 976 g/mol. The third-order valence-electron chi connectivity index (χ3n) is 6.85. The van der Waals surface area contributed by atoms with Gasteiger partial charge < -0.3 is 11.6 Å². The number of ether oxygens (including phenoxy) is 2. The molecule has 2 aromatic carbocycles. The molecule has 0 bridgehead atoms. The molecule has 0 saturated carbocycles. The van der Waals surface area contributed by atoms with E-state index in [1.807, 2.05) is 91.1 Å². The topological polar surface area (TPSA) is 186 Å². The Bertz CT molecular complexity index is 1850. The molecule has 54 heavy (non-hydrogen) atoms. The van der Waals surface area contributed by atoms with Crippen molar-refractivity contribution in [3.63, 3.8) is 0 Å². The van der Waals surface area contributed by atoms with Crippen LogP contribution in [0.3, 0.4) is 0 Å². The van der Waals surface area contributed by atoms with Gasteiger partial charge in [-0.2, -0.15) is 0 Å². The SMILES string of the molecule is C.CN1C(=O)[C@@H](N=BC(=O)OCc2ccccc2)CSc2cccn21.O=C(B=N[C@H]1CSc2cccn2NC1=O)OCc1ccccc1.O=CO[O-].[Cs+].[Cs+].[H-]. The molecule has 4 heterocycles. The minimum atomic E-state index is -0.621. The zero-order chi connectivity index (χ0) is 36.4. The van der Waals surface area contributed by atoms with Gasteiger partial charge in [0, 0.05) is 0 Å². The van der Waals surface area contributed by atoms with Crippen LogP contribution in [0.1, 0.15) is 20.0 Å². The number of likely N-dealkylation sites (N-methyl/N-ethyl adjacent to an activating group) is 1. The van der Waals surface area contributed by atoms with E-state index in [0.29, 0.717) is 11.5 Å². The summed E-state index contributed by atoms with van der Waals surface area (Å²) in [5.41, 5.74) is 4.53. The van der Waals surface area contributed by atoms with Crippen molar-refractivity contribution in [2.45, 2.75) is 42.8 Å². The van der Waals surface area contributed by atoms with Crippen LogP contribution in [0.4, 0.5) is 9.59 Å². The number of nitrogens with one attached hydrogen (secondary N) is 1. The van der Waals surface area contributed by atoms with E-state index in [1.54, 1.807) is 22.6 Å². The molecule has 0 saturated heterocycles. The first kappa shape index (κ1) is 50.9. The molecule has 2 aromatic heterocycles. The maximum absolute atomic E-state index is 12.4. The maximum atomic E-state index is 12.4. The molecule has 21 heteroatoms. The van der Waals surface area contributed by atoms with E-state index in [2.05, 4.69) is 20.1 Å².